The SMILES string of the molecule is CCc1ccc(NC(=O)Nc2ccc(N3CCc4ccccc4C3)c(C(=O)NCCc3ccccc3)c2)cc1. The first-order valence-electron chi connectivity index (χ1n) is 13.5. The molecule has 1 aliphatic rings. The lowest BCUT2D eigenvalue weighted by molar-refractivity contribution is 0.0954. The van der Waals surface area contributed by atoms with Gasteiger partial charge in [-0.1, -0.05) is 73.7 Å². The summed E-state index contributed by atoms with van der Waals surface area (Å²) < 4.78 is 0. The van der Waals surface area contributed by atoms with E-state index < -0.39 is 0 Å². The minimum Gasteiger partial charge on any atom is -0.366 e. The fraction of sp³-hybridized carbons (Fsp3) is 0.212. The summed E-state index contributed by atoms with van der Waals surface area (Å²) in [7, 11) is 0. The number of amides is 3. The van der Waals surface area contributed by atoms with Crippen LogP contribution >= 0.6 is 0 Å². The number of anilines is 3. The Morgan fingerprint density at radius 2 is 1.46 bits per heavy atom. The Kier molecular flexibility index (Phi) is 8.22. The number of hydrogen-bond donors (Lipinski definition) is 3. The van der Waals surface area contributed by atoms with Gasteiger partial charge in [-0.3, -0.25) is 4.79 Å². The molecule has 0 spiro atoms. The van der Waals surface area contributed by atoms with Crippen LogP contribution in [0.15, 0.2) is 97.1 Å². The number of hydrogen-bond acceptors (Lipinski definition) is 3. The lowest BCUT2D eigenvalue weighted by Gasteiger charge is -2.32. The molecule has 0 saturated heterocycles. The number of aryl methyl sites for hydroxylation is 1. The summed E-state index contributed by atoms with van der Waals surface area (Å²) in [6.45, 7) is 4.18. The molecule has 3 N–H and O–H groups in total. The molecule has 5 rings (SSSR count). The van der Waals surface area contributed by atoms with Crippen molar-refractivity contribution in [3.8, 4) is 0 Å². The first kappa shape index (κ1) is 26.0. The summed E-state index contributed by atoms with van der Waals surface area (Å²) >= 11 is 0. The van der Waals surface area contributed by atoms with Crippen molar-refractivity contribution in [1.82, 2.24) is 5.32 Å². The molecule has 0 saturated carbocycles. The second-order valence-corrected chi connectivity index (χ2v) is 9.79. The van der Waals surface area contributed by atoms with Gasteiger partial charge in [0.05, 0.1) is 5.56 Å². The number of benzene rings is 4. The van der Waals surface area contributed by atoms with Gasteiger partial charge in [-0.15, -0.1) is 0 Å². The molecule has 4 aromatic carbocycles. The number of rotatable bonds is 8. The van der Waals surface area contributed by atoms with Crippen molar-refractivity contribution in [2.24, 2.45) is 0 Å². The Morgan fingerprint density at radius 3 is 2.23 bits per heavy atom. The van der Waals surface area contributed by atoms with Gasteiger partial charge in [-0.2, -0.15) is 0 Å². The van der Waals surface area contributed by atoms with E-state index in [0.29, 0.717) is 23.5 Å². The minimum atomic E-state index is -0.352. The standard InChI is InChI=1S/C33H34N4O2/c1-2-24-12-14-28(15-13-24)35-33(39)36-29-16-17-31(37-21-19-26-10-6-7-11-27(26)23-37)30(22-29)32(38)34-20-18-25-8-4-3-5-9-25/h3-17,22H,2,18-21,23H2,1H3,(H,34,38)(H2,35,36,39). The van der Waals surface area contributed by atoms with Crippen LogP contribution in [0.3, 0.4) is 0 Å². The normalized spacial score (nSPS) is 12.4. The lowest BCUT2D eigenvalue weighted by Crippen LogP contribution is -2.33. The van der Waals surface area contributed by atoms with Crippen molar-refractivity contribution in [3.05, 3.63) is 125 Å². The smallest absolute Gasteiger partial charge is 0.323 e. The minimum absolute atomic E-state index is 0.154. The van der Waals surface area contributed by atoms with Gasteiger partial charge in [0.15, 0.2) is 0 Å². The van der Waals surface area contributed by atoms with Gasteiger partial charge in [0, 0.05) is 36.7 Å². The van der Waals surface area contributed by atoms with E-state index in [4.69, 9.17) is 0 Å². The third kappa shape index (κ3) is 6.65. The van der Waals surface area contributed by atoms with E-state index in [9.17, 15) is 9.59 Å². The second kappa shape index (κ2) is 12.3. The molecule has 6 nitrogen and oxygen atoms in total. The van der Waals surface area contributed by atoms with Crippen LogP contribution in [-0.2, 0) is 25.8 Å². The number of nitrogens with zero attached hydrogens (tertiary/aromatic N) is 1. The maximum atomic E-state index is 13.5. The van der Waals surface area contributed by atoms with Gasteiger partial charge in [-0.25, -0.2) is 4.79 Å². The van der Waals surface area contributed by atoms with Gasteiger partial charge >= 0.3 is 6.03 Å². The van der Waals surface area contributed by atoms with Gasteiger partial charge in [0.25, 0.3) is 5.91 Å². The highest BCUT2D eigenvalue weighted by molar-refractivity contribution is 6.04. The topological polar surface area (TPSA) is 73.5 Å². The molecular formula is C33H34N4O2. The predicted octanol–water partition coefficient (Wildman–Crippen LogP) is 6.43. The monoisotopic (exact) mass is 518 g/mol. The average Bonchev–Trinajstić information content (AvgIpc) is 2.97. The van der Waals surface area contributed by atoms with Crippen LogP contribution in [0.2, 0.25) is 0 Å². The van der Waals surface area contributed by atoms with Crippen LogP contribution in [0.25, 0.3) is 0 Å². The largest absolute Gasteiger partial charge is 0.366 e. The van der Waals surface area contributed by atoms with Gasteiger partial charge in [0.1, 0.15) is 0 Å². The van der Waals surface area contributed by atoms with E-state index in [1.165, 1.54) is 22.3 Å². The third-order valence-electron chi connectivity index (χ3n) is 7.13. The van der Waals surface area contributed by atoms with Crippen molar-refractivity contribution in [3.63, 3.8) is 0 Å². The first-order valence-corrected chi connectivity index (χ1v) is 13.5. The Hall–Kier alpha value is -4.58. The highest BCUT2D eigenvalue weighted by Gasteiger charge is 2.22. The Bertz CT molecular complexity index is 1430. The summed E-state index contributed by atoms with van der Waals surface area (Å²) in [6.07, 6.45) is 2.61. The summed E-state index contributed by atoms with van der Waals surface area (Å²) in [5.74, 6) is -0.154. The van der Waals surface area contributed by atoms with Crippen molar-refractivity contribution < 1.29 is 9.59 Å². The molecule has 0 atom stereocenters. The van der Waals surface area contributed by atoms with Crippen LogP contribution < -0.4 is 20.9 Å². The molecule has 1 heterocycles. The molecule has 3 amide bonds. The Morgan fingerprint density at radius 1 is 0.769 bits per heavy atom. The van der Waals surface area contributed by atoms with Crippen LogP contribution in [0, 0.1) is 0 Å². The molecule has 0 aromatic heterocycles. The molecule has 0 unspecified atom stereocenters. The molecule has 0 radical (unpaired) electrons. The molecular weight excluding hydrogens is 484 g/mol. The predicted molar refractivity (Wildman–Crippen MR) is 159 cm³/mol. The molecule has 1 aliphatic heterocycles. The number of carbonyl (C=O) groups excluding carboxylic acids is 2. The number of carbonyl (C=O) groups is 2. The van der Waals surface area contributed by atoms with Crippen molar-refractivity contribution in [2.75, 3.05) is 28.6 Å². The van der Waals surface area contributed by atoms with E-state index in [2.05, 4.69) is 64.2 Å². The van der Waals surface area contributed by atoms with Crippen LogP contribution in [0.5, 0.6) is 0 Å². The zero-order chi connectivity index (χ0) is 27.0. The van der Waals surface area contributed by atoms with Gasteiger partial charge in [0.2, 0.25) is 0 Å². The number of nitrogens with one attached hydrogen (secondary N) is 3. The van der Waals surface area contributed by atoms with Gasteiger partial charge < -0.3 is 20.9 Å². The highest BCUT2D eigenvalue weighted by atomic mass is 16.2. The maximum Gasteiger partial charge on any atom is 0.323 e. The fourth-order valence-corrected chi connectivity index (χ4v) is 4.95. The molecule has 4 aromatic rings. The summed E-state index contributed by atoms with van der Waals surface area (Å²) in [5.41, 5.74) is 7.69. The molecule has 39 heavy (non-hydrogen) atoms. The van der Waals surface area contributed by atoms with Crippen molar-refractivity contribution in [1.29, 1.82) is 0 Å². The van der Waals surface area contributed by atoms with E-state index in [1.54, 1.807) is 6.07 Å². The molecule has 198 valence electrons. The lowest BCUT2D eigenvalue weighted by atomic mass is 9.98. The third-order valence-corrected chi connectivity index (χ3v) is 7.13. The van der Waals surface area contributed by atoms with E-state index >= 15 is 0 Å². The van der Waals surface area contributed by atoms with Crippen molar-refractivity contribution >= 4 is 29.0 Å². The molecule has 6 heteroatoms. The van der Waals surface area contributed by atoms with Gasteiger partial charge in [-0.05, 0) is 71.8 Å². The molecule has 0 bridgehead atoms. The van der Waals surface area contributed by atoms with Crippen LogP contribution in [-0.4, -0.2) is 25.0 Å². The van der Waals surface area contributed by atoms with E-state index in [-0.39, 0.29) is 11.9 Å². The average molecular weight is 519 g/mol. The summed E-state index contributed by atoms with van der Waals surface area (Å²) in [5, 5.41) is 8.85. The first-order chi connectivity index (χ1) is 19.1. The quantitative estimate of drug-likeness (QED) is 0.252. The Balaban J connectivity index is 1.33. The molecule has 0 aliphatic carbocycles. The number of fused-ring (bicyclic) bond motifs is 1. The van der Waals surface area contributed by atoms with E-state index in [0.717, 1.165) is 38.0 Å². The zero-order valence-corrected chi connectivity index (χ0v) is 22.2. The maximum absolute atomic E-state index is 13.5. The van der Waals surface area contributed by atoms with E-state index in [1.807, 2.05) is 54.6 Å². The summed E-state index contributed by atoms with van der Waals surface area (Å²) in [4.78, 5) is 28.4. The van der Waals surface area contributed by atoms with Crippen LogP contribution in [0.4, 0.5) is 21.9 Å². The summed E-state index contributed by atoms with van der Waals surface area (Å²) in [6, 6.07) is 31.5. The number of urea groups is 1. The second-order valence-electron chi connectivity index (χ2n) is 9.79. The Labute approximate surface area is 230 Å². The molecule has 0 fully saturated rings. The van der Waals surface area contributed by atoms with Crippen LogP contribution in [0.1, 0.15) is 39.5 Å². The highest BCUT2D eigenvalue weighted by Crippen LogP contribution is 2.30. The van der Waals surface area contributed by atoms with Crippen molar-refractivity contribution in [2.45, 2.75) is 32.7 Å². The fourth-order valence-electron chi connectivity index (χ4n) is 4.95. The zero-order valence-electron chi connectivity index (χ0n) is 22.2.